The topological polar surface area (TPSA) is 82.4 Å². The van der Waals surface area contributed by atoms with E-state index < -0.39 is 0 Å². The SMILES string of the molecule is COc1cccc(-c2cc(C(=O)N3CCCC(Oc4ccnc(C)n4)C3)n(C)n2)c1. The highest BCUT2D eigenvalue weighted by Crippen LogP contribution is 2.25. The van der Waals surface area contributed by atoms with Crippen LogP contribution in [0.1, 0.15) is 29.2 Å². The van der Waals surface area contributed by atoms with Gasteiger partial charge in [0, 0.05) is 31.4 Å². The average molecular weight is 407 g/mol. The quantitative estimate of drug-likeness (QED) is 0.647. The molecule has 3 heterocycles. The van der Waals surface area contributed by atoms with Crippen molar-refractivity contribution in [1.82, 2.24) is 24.6 Å². The zero-order valence-electron chi connectivity index (χ0n) is 17.4. The van der Waals surface area contributed by atoms with Crippen molar-refractivity contribution in [3.63, 3.8) is 0 Å². The van der Waals surface area contributed by atoms with E-state index in [1.54, 1.807) is 31.1 Å². The molecule has 0 aliphatic carbocycles. The van der Waals surface area contributed by atoms with Crippen molar-refractivity contribution in [1.29, 1.82) is 0 Å². The lowest BCUT2D eigenvalue weighted by Gasteiger charge is -2.32. The summed E-state index contributed by atoms with van der Waals surface area (Å²) in [7, 11) is 3.42. The summed E-state index contributed by atoms with van der Waals surface area (Å²) in [5.74, 6) is 1.91. The standard InChI is InChI=1S/C22H25N5O3/c1-15-23-10-9-21(24-15)30-18-8-5-11-27(14-18)22(28)20-13-19(25-26(20)2)16-6-4-7-17(12-16)29-3/h4,6-7,9-10,12-13,18H,5,8,11,14H2,1-3H3. The number of rotatable bonds is 5. The van der Waals surface area contributed by atoms with Gasteiger partial charge in [-0.3, -0.25) is 9.48 Å². The molecule has 0 bridgehead atoms. The predicted molar refractivity (Wildman–Crippen MR) is 112 cm³/mol. The smallest absolute Gasteiger partial charge is 0.272 e. The van der Waals surface area contributed by atoms with Crippen molar-refractivity contribution >= 4 is 5.91 Å². The maximum Gasteiger partial charge on any atom is 0.272 e. The number of aromatic nitrogens is 4. The van der Waals surface area contributed by atoms with Crippen LogP contribution in [0, 0.1) is 6.92 Å². The molecule has 0 radical (unpaired) electrons. The second-order valence-corrected chi connectivity index (χ2v) is 7.35. The van der Waals surface area contributed by atoms with Gasteiger partial charge in [-0.1, -0.05) is 12.1 Å². The molecule has 1 unspecified atom stereocenters. The maximum atomic E-state index is 13.2. The fourth-order valence-electron chi connectivity index (χ4n) is 3.64. The molecular weight excluding hydrogens is 382 g/mol. The lowest BCUT2D eigenvalue weighted by Crippen LogP contribution is -2.45. The number of nitrogens with zero attached hydrogens (tertiary/aromatic N) is 5. The fourth-order valence-corrected chi connectivity index (χ4v) is 3.64. The molecule has 0 N–H and O–H groups in total. The molecule has 156 valence electrons. The van der Waals surface area contributed by atoms with Crippen molar-refractivity contribution in [3.8, 4) is 22.9 Å². The third kappa shape index (κ3) is 4.27. The van der Waals surface area contributed by atoms with Crippen molar-refractivity contribution in [2.75, 3.05) is 20.2 Å². The van der Waals surface area contributed by atoms with E-state index >= 15 is 0 Å². The van der Waals surface area contributed by atoms with Crippen LogP contribution in [0.15, 0.2) is 42.6 Å². The minimum absolute atomic E-state index is 0.0497. The first-order chi connectivity index (χ1) is 14.5. The Morgan fingerprint density at radius 1 is 1.23 bits per heavy atom. The normalized spacial score (nSPS) is 16.4. The number of carbonyl (C=O) groups excluding carboxylic acids is 1. The number of carbonyl (C=O) groups is 1. The van der Waals surface area contributed by atoms with E-state index in [-0.39, 0.29) is 12.0 Å². The van der Waals surface area contributed by atoms with E-state index in [2.05, 4.69) is 15.1 Å². The van der Waals surface area contributed by atoms with E-state index in [1.165, 1.54) is 0 Å². The minimum atomic E-state index is -0.0944. The van der Waals surface area contributed by atoms with Crippen molar-refractivity contribution in [2.45, 2.75) is 25.9 Å². The molecule has 1 aliphatic rings. The molecule has 1 aromatic carbocycles. The number of hydrogen-bond donors (Lipinski definition) is 0. The number of aryl methyl sites for hydroxylation is 2. The van der Waals surface area contributed by atoms with Crippen LogP contribution >= 0.6 is 0 Å². The minimum Gasteiger partial charge on any atom is -0.497 e. The number of piperidine rings is 1. The number of benzene rings is 1. The largest absolute Gasteiger partial charge is 0.497 e. The summed E-state index contributed by atoms with van der Waals surface area (Å²) < 4.78 is 12.9. The van der Waals surface area contributed by atoms with Gasteiger partial charge < -0.3 is 14.4 Å². The Balaban J connectivity index is 1.49. The summed E-state index contributed by atoms with van der Waals surface area (Å²) in [5, 5.41) is 4.53. The number of methoxy groups -OCH3 is 1. The van der Waals surface area contributed by atoms with Crippen molar-refractivity contribution < 1.29 is 14.3 Å². The molecule has 1 aliphatic heterocycles. The first kappa shape index (κ1) is 19.9. The Kier molecular flexibility index (Phi) is 5.65. The van der Waals surface area contributed by atoms with E-state index in [1.807, 2.05) is 42.2 Å². The van der Waals surface area contributed by atoms with Crippen LogP contribution in [-0.2, 0) is 7.05 Å². The third-order valence-electron chi connectivity index (χ3n) is 5.17. The summed E-state index contributed by atoms with van der Waals surface area (Å²) in [4.78, 5) is 23.4. The Bertz CT molecular complexity index is 1050. The summed E-state index contributed by atoms with van der Waals surface area (Å²) in [6, 6.07) is 11.2. The van der Waals surface area contributed by atoms with Gasteiger partial charge >= 0.3 is 0 Å². The molecule has 1 saturated heterocycles. The molecule has 1 fully saturated rings. The molecule has 2 aromatic heterocycles. The zero-order chi connectivity index (χ0) is 21.1. The highest BCUT2D eigenvalue weighted by atomic mass is 16.5. The van der Waals surface area contributed by atoms with E-state index in [4.69, 9.17) is 9.47 Å². The van der Waals surface area contributed by atoms with Crippen molar-refractivity contribution in [3.05, 3.63) is 54.1 Å². The molecule has 1 atom stereocenters. The lowest BCUT2D eigenvalue weighted by atomic mass is 10.1. The summed E-state index contributed by atoms with van der Waals surface area (Å²) in [6.07, 6.45) is 3.34. The van der Waals surface area contributed by atoms with Gasteiger partial charge in [-0.15, -0.1) is 0 Å². The van der Waals surface area contributed by atoms with E-state index in [0.29, 0.717) is 30.5 Å². The number of ether oxygens (including phenoxy) is 2. The monoisotopic (exact) mass is 407 g/mol. The van der Waals surface area contributed by atoms with Gasteiger partial charge in [0.05, 0.1) is 19.3 Å². The summed E-state index contributed by atoms with van der Waals surface area (Å²) >= 11 is 0. The molecule has 3 aromatic rings. The molecule has 1 amide bonds. The van der Waals surface area contributed by atoms with Gasteiger partial charge in [-0.25, -0.2) is 4.98 Å². The van der Waals surface area contributed by atoms with Crippen LogP contribution in [0.2, 0.25) is 0 Å². The van der Waals surface area contributed by atoms with Crippen LogP contribution in [0.25, 0.3) is 11.3 Å². The molecule has 4 rings (SSSR count). The highest BCUT2D eigenvalue weighted by molar-refractivity contribution is 5.93. The number of likely N-dealkylation sites (tertiary alicyclic amines) is 1. The Labute approximate surface area is 175 Å². The van der Waals surface area contributed by atoms with Crippen LogP contribution in [0.4, 0.5) is 0 Å². The first-order valence-corrected chi connectivity index (χ1v) is 9.97. The van der Waals surface area contributed by atoms with Crippen molar-refractivity contribution in [2.24, 2.45) is 7.05 Å². The Morgan fingerprint density at radius 3 is 2.90 bits per heavy atom. The fraction of sp³-hybridized carbons (Fsp3) is 0.364. The highest BCUT2D eigenvalue weighted by Gasteiger charge is 2.28. The maximum absolute atomic E-state index is 13.2. The Hall–Kier alpha value is -3.42. The second-order valence-electron chi connectivity index (χ2n) is 7.35. The zero-order valence-corrected chi connectivity index (χ0v) is 17.4. The second kappa shape index (κ2) is 8.52. The van der Waals surface area contributed by atoms with Gasteiger partial charge in [0.2, 0.25) is 5.88 Å². The van der Waals surface area contributed by atoms with E-state index in [0.717, 1.165) is 29.8 Å². The molecule has 8 heteroatoms. The number of amides is 1. The molecule has 30 heavy (non-hydrogen) atoms. The molecular formula is C22H25N5O3. The molecule has 0 saturated carbocycles. The summed E-state index contributed by atoms with van der Waals surface area (Å²) in [5.41, 5.74) is 2.19. The van der Waals surface area contributed by atoms with Gasteiger partial charge in [0.25, 0.3) is 5.91 Å². The van der Waals surface area contributed by atoms with Gasteiger partial charge in [0.15, 0.2) is 0 Å². The Morgan fingerprint density at radius 2 is 2.10 bits per heavy atom. The third-order valence-corrected chi connectivity index (χ3v) is 5.17. The molecule has 8 nitrogen and oxygen atoms in total. The van der Waals surface area contributed by atoms with Gasteiger partial charge in [0.1, 0.15) is 23.4 Å². The average Bonchev–Trinajstić information content (AvgIpc) is 3.15. The van der Waals surface area contributed by atoms with Gasteiger partial charge in [-0.05, 0) is 38.0 Å². The van der Waals surface area contributed by atoms with Crippen LogP contribution in [0.5, 0.6) is 11.6 Å². The van der Waals surface area contributed by atoms with Gasteiger partial charge in [-0.2, -0.15) is 10.1 Å². The predicted octanol–water partition coefficient (Wildman–Crippen LogP) is 2.88. The lowest BCUT2D eigenvalue weighted by molar-refractivity contribution is 0.0517. The number of hydrogen-bond acceptors (Lipinski definition) is 6. The first-order valence-electron chi connectivity index (χ1n) is 9.97. The van der Waals surface area contributed by atoms with Crippen LogP contribution in [0.3, 0.4) is 0 Å². The van der Waals surface area contributed by atoms with E-state index in [9.17, 15) is 4.79 Å². The van der Waals surface area contributed by atoms with Crippen LogP contribution < -0.4 is 9.47 Å². The molecule has 0 spiro atoms. The van der Waals surface area contributed by atoms with Crippen LogP contribution in [-0.4, -0.2) is 56.9 Å². The summed E-state index contributed by atoms with van der Waals surface area (Å²) in [6.45, 7) is 3.04.